The van der Waals surface area contributed by atoms with Crippen LogP contribution in [0.5, 0.6) is 0 Å². The molecule has 1 aromatic heterocycles. The van der Waals surface area contributed by atoms with Crippen LogP contribution in [0.25, 0.3) is 0 Å². The van der Waals surface area contributed by atoms with Gasteiger partial charge in [0.15, 0.2) is 0 Å². The molecule has 0 spiro atoms. The summed E-state index contributed by atoms with van der Waals surface area (Å²) < 4.78 is 60.3. The van der Waals surface area contributed by atoms with Crippen LogP contribution in [-0.4, -0.2) is 4.98 Å². The molecular formula is C6H3F5N2S. The van der Waals surface area contributed by atoms with Crippen molar-refractivity contribution in [1.29, 1.82) is 5.26 Å². The summed E-state index contributed by atoms with van der Waals surface area (Å²) >= 11 is 0. The predicted molar refractivity (Wildman–Crippen MR) is 40.3 cm³/mol. The molecule has 0 radical (unpaired) electrons. The molecule has 1 heterocycles. The lowest BCUT2D eigenvalue weighted by Gasteiger charge is -2.40. The number of aromatic nitrogens is 1. The molecule has 0 aliphatic rings. The number of nitrogens with zero attached hydrogens (tertiary/aromatic N) is 2. The second kappa shape index (κ2) is 2.17. The lowest BCUT2D eigenvalue weighted by atomic mass is 10.4. The molecule has 1 rings (SSSR count). The smallest absolute Gasteiger partial charge is 0.244 e. The highest BCUT2D eigenvalue weighted by Crippen LogP contribution is 3.01. The first kappa shape index (κ1) is 10.7. The Labute approximate surface area is 75.7 Å². The van der Waals surface area contributed by atoms with Crippen molar-refractivity contribution < 1.29 is 19.4 Å². The second-order valence-electron chi connectivity index (χ2n) is 2.46. The maximum absolute atomic E-state index is 12.1. The van der Waals surface area contributed by atoms with Crippen molar-refractivity contribution >= 4 is 10.2 Å². The molecule has 0 amide bonds. The summed E-state index contributed by atoms with van der Waals surface area (Å²) in [6.45, 7) is 0. The van der Waals surface area contributed by atoms with Crippen LogP contribution >= 0.6 is 10.2 Å². The maximum Gasteiger partial charge on any atom is 0.311 e. The van der Waals surface area contributed by atoms with E-state index >= 15 is 0 Å². The molecule has 0 saturated carbocycles. The number of hydrogen-bond acceptors (Lipinski definition) is 2. The third kappa shape index (κ3) is 2.32. The summed E-state index contributed by atoms with van der Waals surface area (Å²) in [7, 11) is -9.64. The van der Waals surface area contributed by atoms with Gasteiger partial charge in [0.25, 0.3) is 0 Å². The van der Waals surface area contributed by atoms with E-state index in [1.54, 1.807) is 0 Å². The topological polar surface area (TPSA) is 36.7 Å². The summed E-state index contributed by atoms with van der Waals surface area (Å²) in [5.74, 6) is 0. The fourth-order valence-electron chi connectivity index (χ4n) is 0.675. The normalized spacial score (nSPS) is 16.6. The van der Waals surface area contributed by atoms with E-state index in [2.05, 4.69) is 4.98 Å². The van der Waals surface area contributed by atoms with Crippen molar-refractivity contribution in [3.05, 3.63) is 24.0 Å². The van der Waals surface area contributed by atoms with Crippen molar-refractivity contribution in [3.63, 3.8) is 0 Å². The quantitative estimate of drug-likeness (QED) is 0.691. The van der Waals surface area contributed by atoms with Gasteiger partial charge in [0, 0.05) is 0 Å². The Balaban J connectivity index is 3.33. The van der Waals surface area contributed by atoms with Crippen LogP contribution in [0.4, 0.5) is 19.4 Å². The molecule has 78 valence electrons. The SMILES string of the molecule is N#Cc1ccc(S(F)(F)(F)(F)F)cn1. The molecule has 0 aromatic carbocycles. The Morgan fingerprint density at radius 2 is 1.71 bits per heavy atom. The van der Waals surface area contributed by atoms with Crippen LogP contribution in [-0.2, 0) is 0 Å². The van der Waals surface area contributed by atoms with Gasteiger partial charge >= 0.3 is 10.2 Å². The highest BCUT2D eigenvalue weighted by Gasteiger charge is 2.65. The van der Waals surface area contributed by atoms with E-state index in [1.165, 1.54) is 6.07 Å². The average molecular weight is 230 g/mol. The zero-order chi connectivity index (χ0) is 11.1. The molecule has 14 heavy (non-hydrogen) atoms. The van der Waals surface area contributed by atoms with Crippen molar-refractivity contribution in [2.24, 2.45) is 0 Å². The van der Waals surface area contributed by atoms with Crippen LogP contribution in [0.1, 0.15) is 5.69 Å². The first-order valence-corrected chi connectivity index (χ1v) is 5.08. The molecule has 0 fully saturated rings. The van der Waals surface area contributed by atoms with Crippen molar-refractivity contribution in [1.82, 2.24) is 4.98 Å². The first-order valence-electron chi connectivity index (χ1n) is 3.13. The summed E-state index contributed by atoms with van der Waals surface area (Å²) in [6.07, 6.45) is -0.0416. The van der Waals surface area contributed by atoms with Gasteiger partial charge in [0.2, 0.25) is 0 Å². The van der Waals surface area contributed by atoms with Gasteiger partial charge in [-0.05, 0) is 12.1 Å². The highest BCUT2D eigenvalue weighted by atomic mass is 32.5. The van der Waals surface area contributed by atoms with Crippen LogP contribution in [0.3, 0.4) is 0 Å². The number of pyridine rings is 1. The lowest BCUT2D eigenvalue weighted by molar-refractivity contribution is 0.363. The largest absolute Gasteiger partial charge is 0.311 e. The molecular weight excluding hydrogens is 227 g/mol. The summed E-state index contributed by atoms with van der Waals surface area (Å²) in [5, 5.41) is 8.19. The molecule has 0 saturated heterocycles. The summed E-state index contributed by atoms with van der Waals surface area (Å²) in [6, 6.07) is 2.16. The van der Waals surface area contributed by atoms with Gasteiger partial charge in [0.05, 0.1) is 6.20 Å². The zero-order valence-electron chi connectivity index (χ0n) is 6.42. The minimum Gasteiger partial charge on any atom is -0.244 e. The van der Waals surface area contributed by atoms with Crippen LogP contribution in [0, 0.1) is 11.3 Å². The molecule has 0 unspecified atom stereocenters. The van der Waals surface area contributed by atoms with Crippen molar-refractivity contribution in [2.45, 2.75) is 4.90 Å². The van der Waals surface area contributed by atoms with Crippen LogP contribution < -0.4 is 0 Å². The van der Waals surface area contributed by atoms with Crippen molar-refractivity contribution in [3.8, 4) is 6.07 Å². The third-order valence-electron chi connectivity index (χ3n) is 1.30. The van der Waals surface area contributed by atoms with Crippen LogP contribution in [0.2, 0.25) is 0 Å². The van der Waals surface area contributed by atoms with Crippen molar-refractivity contribution in [2.75, 3.05) is 0 Å². The molecule has 0 aliphatic carbocycles. The van der Waals surface area contributed by atoms with Gasteiger partial charge in [-0.2, -0.15) is 5.26 Å². The molecule has 1 aromatic rings. The number of rotatable bonds is 1. The van der Waals surface area contributed by atoms with Gasteiger partial charge in [-0.3, -0.25) is 0 Å². The second-order valence-corrected chi connectivity index (χ2v) is 4.87. The van der Waals surface area contributed by atoms with E-state index in [0.29, 0.717) is 6.07 Å². The Bertz CT molecular complexity index is 400. The molecule has 0 atom stereocenters. The maximum atomic E-state index is 12.1. The Kier molecular flexibility index (Phi) is 1.66. The van der Waals surface area contributed by atoms with E-state index < -0.39 is 15.1 Å². The monoisotopic (exact) mass is 230 g/mol. The fourth-order valence-corrected chi connectivity index (χ4v) is 1.25. The number of halogens is 5. The van der Waals surface area contributed by atoms with Gasteiger partial charge < -0.3 is 0 Å². The van der Waals surface area contributed by atoms with Gasteiger partial charge in [-0.15, -0.1) is 0 Å². The Morgan fingerprint density at radius 1 is 1.14 bits per heavy atom. The molecule has 0 bridgehead atoms. The van der Waals surface area contributed by atoms with Gasteiger partial charge in [0.1, 0.15) is 16.7 Å². The molecule has 0 N–H and O–H groups in total. The van der Waals surface area contributed by atoms with E-state index in [9.17, 15) is 19.4 Å². The predicted octanol–water partition coefficient (Wildman–Crippen LogP) is 3.61. The number of hydrogen-bond donors (Lipinski definition) is 0. The minimum absolute atomic E-state index is 0.0416. The van der Waals surface area contributed by atoms with E-state index in [4.69, 9.17) is 5.26 Å². The van der Waals surface area contributed by atoms with E-state index in [0.717, 1.165) is 0 Å². The first-order chi connectivity index (χ1) is 6.03. The van der Waals surface area contributed by atoms with Crippen LogP contribution in [0.15, 0.2) is 23.2 Å². The highest BCUT2D eigenvalue weighted by molar-refractivity contribution is 8.45. The van der Waals surface area contributed by atoms with Gasteiger partial charge in [-0.25, -0.2) is 4.98 Å². The molecule has 0 aliphatic heterocycles. The third-order valence-corrected chi connectivity index (χ3v) is 2.43. The fraction of sp³-hybridized carbons (Fsp3) is 0. The standard InChI is InChI=1S/C6H3F5N2S/c7-14(8,9,10,11)6-2-1-5(3-12)13-4-6/h1-2,4H. The zero-order valence-corrected chi connectivity index (χ0v) is 7.24. The van der Waals surface area contributed by atoms with Gasteiger partial charge in [-0.1, -0.05) is 19.4 Å². The minimum atomic E-state index is -9.64. The summed E-state index contributed by atoms with van der Waals surface area (Å²) in [4.78, 5) is 0.829. The number of nitriles is 1. The molecule has 2 nitrogen and oxygen atoms in total. The Hall–Kier alpha value is -1.36. The van der Waals surface area contributed by atoms with E-state index in [-0.39, 0.29) is 18.0 Å². The van der Waals surface area contributed by atoms with E-state index in [1.807, 2.05) is 0 Å². The lowest BCUT2D eigenvalue weighted by Crippen LogP contribution is -2.06. The Morgan fingerprint density at radius 3 is 2.00 bits per heavy atom. The average Bonchev–Trinajstić information content (AvgIpc) is 2.01. The molecule has 8 heteroatoms. The summed E-state index contributed by atoms with van der Waals surface area (Å²) in [5.41, 5.74) is -0.351.